The van der Waals surface area contributed by atoms with Crippen LogP contribution in [0.15, 0.2) is 15.8 Å². The first-order valence-corrected chi connectivity index (χ1v) is 6.20. The summed E-state index contributed by atoms with van der Waals surface area (Å²) in [5.74, 6) is 1.23. The molecule has 0 amide bonds. The molecule has 0 bridgehead atoms. The number of aromatic nitrogens is 2. The van der Waals surface area contributed by atoms with Crippen LogP contribution in [-0.2, 0) is 6.54 Å². The van der Waals surface area contributed by atoms with E-state index >= 15 is 0 Å². The minimum atomic E-state index is -0.624. The Morgan fingerprint density at radius 1 is 1.62 bits per heavy atom. The van der Waals surface area contributed by atoms with Crippen molar-refractivity contribution in [2.24, 2.45) is 5.92 Å². The number of nitriles is 1. The predicted octanol–water partition coefficient (Wildman–Crippen LogP) is 0.407. The van der Waals surface area contributed by atoms with Gasteiger partial charge in [0.05, 0.1) is 0 Å². The first-order chi connectivity index (χ1) is 7.58. The topological polar surface area (TPSA) is 78.7 Å². The minimum Gasteiger partial charge on any atom is -0.299 e. The van der Waals surface area contributed by atoms with Gasteiger partial charge in [-0.25, -0.2) is 4.79 Å². The zero-order chi connectivity index (χ0) is 12.1. The Bertz CT molecular complexity index is 512. The predicted molar refractivity (Wildman–Crippen MR) is 63.6 cm³/mol. The summed E-state index contributed by atoms with van der Waals surface area (Å²) in [6.07, 6.45) is 3.31. The van der Waals surface area contributed by atoms with E-state index in [1.165, 1.54) is 10.8 Å². The van der Waals surface area contributed by atoms with E-state index < -0.39 is 11.2 Å². The summed E-state index contributed by atoms with van der Waals surface area (Å²) in [6, 6.07) is 1.76. The van der Waals surface area contributed by atoms with E-state index in [9.17, 15) is 9.59 Å². The Morgan fingerprint density at radius 2 is 2.31 bits per heavy atom. The van der Waals surface area contributed by atoms with Crippen molar-refractivity contribution in [3.05, 3.63) is 32.6 Å². The van der Waals surface area contributed by atoms with Gasteiger partial charge in [0.25, 0.3) is 5.56 Å². The summed E-state index contributed by atoms with van der Waals surface area (Å²) in [5.41, 5.74) is -1.12. The standard InChI is InChI=1S/C10H13N3O2S/c1-7(6-16-2)4-13-5-8(3-11)9(14)12-10(13)15/h5,7H,4,6H2,1-2H3,(H,12,14,15). The molecule has 16 heavy (non-hydrogen) atoms. The van der Waals surface area contributed by atoms with Crippen LogP contribution in [0.1, 0.15) is 12.5 Å². The van der Waals surface area contributed by atoms with Gasteiger partial charge in [0.2, 0.25) is 0 Å². The second-order valence-electron chi connectivity index (χ2n) is 3.63. The number of hydrogen-bond acceptors (Lipinski definition) is 4. The molecule has 0 radical (unpaired) electrons. The molecule has 1 atom stereocenters. The lowest BCUT2D eigenvalue weighted by Gasteiger charge is -2.11. The fourth-order valence-corrected chi connectivity index (χ4v) is 2.07. The average molecular weight is 239 g/mol. The van der Waals surface area contributed by atoms with E-state index in [1.54, 1.807) is 17.8 Å². The van der Waals surface area contributed by atoms with Crippen LogP contribution < -0.4 is 11.2 Å². The second-order valence-corrected chi connectivity index (χ2v) is 4.54. The smallest absolute Gasteiger partial charge is 0.299 e. The molecule has 1 heterocycles. The highest BCUT2D eigenvalue weighted by atomic mass is 32.2. The van der Waals surface area contributed by atoms with Crippen molar-refractivity contribution in [1.29, 1.82) is 5.26 Å². The molecule has 0 aliphatic carbocycles. The summed E-state index contributed by atoms with van der Waals surface area (Å²) in [6.45, 7) is 2.52. The average Bonchev–Trinajstić information content (AvgIpc) is 2.22. The summed E-state index contributed by atoms with van der Waals surface area (Å²) in [4.78, 5) is 24.7. The Hall–Kier alpha value is -1.48. The molecule has 0 saturated carbocycles. The van der Waals surface area contributed by atoms with Crippen molar-refractivity contribution in [2.45, 2.75) is 13.5 Å². The van der Waals surface area contributed by atoms with Gasteiger partial charge < -0.3 is 0 Å². The van der Waals surface area contributed by atoms with Crippen LogP contribution in [0.25, 0.3) is 0 Å². The van der Waals surface area contributed by atoms with Crippen LogP contribution in [0, 0.1) is 17.2 Å². The van der Waals surface area contributed by atoms with Crippen molar-refractivity contribution in [1.82, 2.24) is 9.55 Å². The van der Waals surface area contributed by atoms with E-state index in [0.29, 0.717) is 12.5 Å². The second kappa shape index (κ2) is 5.56. The molecule has 0 aliphatic heterocycles. The summed E-state index contributed by atoms with van der Waals surface area (Å²) in [7, 11) is 0. The molecular weight excluding hydrogens is 226 g/mol. The lowest BCUT2D eigenvalue weighted by molar-refractivity contribution is 0.508. The number of thioether (sulfide) groups is 1. The van der Waals surface area contributed by atoms with E-state index in [0.717, 1.165) is 5.75 Å². The van der Waals surface area contributed by atoms with Gasteiger partial charge in [-0.05, 0) is 17.9 Å². The number of rotatable bonds is 4. The molecule has 1 unspecified atom stereocenters. The lowest BCUT2D eigenvalue weighted by Crippen LogP contribution is -2.32. The van der Waals surface area contributed by atoms with E-state index in [2.05, 4.69) is 4.98 Å². The van der Waals surface area contributed by atoms with E-state index in [4.69, 9.17) is 5.26 Å². The Morgan fingerprint density at radius 3 is 2.88 bits per heavy atom. The molecule has 1 aromatic rings. The first-order valence-electron chi connectivity index (χ1n) is 4.81. The highest BCUT2D eigenvalue weighted by Crippen LogP contribution is 2.05. The maximum atomic E-state index is 11.4. The molecule has 6 heteroatoms. The molecule has 0 aliphatic rings. The van der Waals surface area contributed by atoms with Crippen LogP contribution in [-0.4, -0.2) is 21.6 Å². The van der Waals surface area contributed by atoms with Crippen LogP contribution in [0.3, 0.4) is 0 Å². The Kier molecular flexibility index (Phi) is 4.38. The van der Waals surface area contributed by atoms with E-state index in [1.807, 2.05) is 13.2 Å². The SMILES string of the molecule is CSCC(C)Cn1cc(C#N)c(=O)[nH]c1=O. The summed E-state index contributed by atoms with van der Waals surface area (Å²) in [5, 5.41) is 8.68. The van der Waals surface area contributed by atoms with Gasteiger partial charge in [-0.3, -0.25) is 14.3 Å². The molecule has 0 spiro atoms. The number of hydrogen-bond donors (Lipinski definition) is 1. The van der Waals surface area contributed by atoms with Crippen LogP contribution >= 0.6 is 11.8 Å². The van der Waals surface area contributed by atoms with Gasteiger partial charge >= 0.3 is 5.69 Å². The third-order valence-corrected chi connectivity index (χ3v) is 2.99. The van der Waals surface area contributed by atoms with Crippen LogP contribution in [0.5, 0.6) is 0 Å². The minimum absolute atomic E-state index is 0.0315. The molecule has 0 saturated heterocycles. The van der Waals surface area contributed by atoms with Crippen LogP contribution in [0.2, 0.25) is 0 Å². The van der Waals surface area contributed by atoms with Gasteiger partial charge in [-0.15, -0.1) is 0 Å². The lowest BCUT2D eigenvalue weighted by atomic mass is 10.2. The molecule has 0 fully saturated rings. The Balaban J connectivity index is 3.02. The number of nitrogens with zero attached hydrogens (tertiary/aromatic N) is 2. The Labute approximate surface area is 97.1 Å². The maximum Gasteiger partial charge on any atom is 0.328 e. The van der Waals surface area contributed by atoms with Gasteiger partial charge in [0, 0.05) is 12.7 Å². The number of H-pyrrole nitrogens is 1. The zero-order valence-corrected chi connectivity index (χ0v) is 10.0. The number of nitrogens with one attached hydrogen (secondary N) is 1. The maximum absolute atomic E-state index is 11.4. The van der Waals surface area contributed by atoms with Gasteiger partial charge in [0.1, 0.15) is 11.6 Å². The van der Waals surface area contributed by atoms with E-state index in [-0.39, 0.29) is 5.56 Å². The quantitative estimate of drug-likeness (QED) is 0.825. The van der Waals surface area contributed by atoms with Crippen molar-refractivity contribution in [3.8, 4) is 6.07 Å². The largest absolute Gasteiger partial charge is 0.328 e. The van der Waals surface area contributed by atoms with Gasteiger partial charge in [-0.2, -0.15) is 17.0 Å². The molecule has 86 valence electrons. The van der Waals surface area contributed by atoms with Crippen molar-refractivity contribution < 1.29 is 0 Å². The molecule has 1 rings (SSSR count). The molecular formula is C10H13N3O2S. The molecule has 1 N–H and O–H groups in total. The molecule has 1 aromatic heterocycles. The van der Waals surface area contributed by atoms with Crippen molar-refractivity contribution in [2.75, 3.05) is 12.0 Å². The van der Waals surface area contributed by atoms with Gasteiger partial charge in [0.15, 0.2) is 0 Å². The third-order valence-electron chi connectivity index (χ3n) is 2.09. The van der Waals surface area contributed by atoms with Gasteiger partial charge in [-0.1, -0.05) is 6.92 Å². The normalized spacial score (nSPS) is 12.1. The van der Waals surface area contributed by atoms with Crippen molar-refractivity contribution >= 4 is 11.8 Å². The highest BCUT2D eigenvalue weighted by molar-refractivity contribution is 7.98. The molecule has 5 nitrogen and oxygen atoms in total. The fraction of sp³-hybridized carbons (Fsp3) is 0.500. The summed E-state index contributed by atoms with van der Waals surface area (Å²) >= 11 is 1.70. The summed E-state index contributed by atoms with van der Waals surface area (Å²) < 4.78 is 1.38. The highest BCUT2D eigenvalue weighted by Gasteiger charge is 2.07. The fourth-order valence-electron chi connectivity index (χ4n) is 1.40. The first kappa shape index (κ1) is 12.6. The third kappa shape index (κ3) is 3.00. The van der Waals surface area contributed by atoms with Crippen molar-refractivity contribution in [3.63, 3.8) is 0 Å². The monoisotopic (exact) mass is 239 g/mol. The molecule has 0 aromatic carbocycles. The zero-order valence-electron chi connectivity index (χ0n) is 9.19. The number of aromatic amines is 1. The van der Waals surface area contributed by atoms with Crippen LogP contribution in [0.4, 0.5) is 0 Å².